The Kier molecular flexibility index (Phi) is 6.21. The summed E-state index contributed by atoms with van der Waals surface area (Å²) >= 11 is 0.864. The van der Waals surface area contributed by atoms with Gasteiger partial charge in [0.05, 0.1) is 22.2 Å². The summed E-state index contributed by atoms with van der Waals surface area (Å²) in [6, 6.07) is 13.8. The lowest BCUT2D eigenvalue weighted by molar-refractivity contribution is -0.115. The second-order valence-corrected chi connectivity index (χ2v) is 9.38. The van der Waals surface area contributed by atoms with Crippen LogP contribution in [0.2, 0.25) is 0 Å². The molecule has 0 aromatic heterocycles. The van der Waals surface area contributed by atoms with E-state index in [2.05, 4.69) is 5.32 Å². The van der Waals surface area contributed by atoms with E-state index >= 15 is 0 Å². The molecule has 2 amide bonds. The molecular weight excluding hydrogens is 398 g/mol. The first-order valence-electron chi connectivity index (χ1n) is 8.61. The van der Waals surface area contributed by atoms with E-state index in [1.807, 2.05) is 6.92 Å². The van der Waals surface area contributed by atoms with Gasteiger partial charge in [0, 0.05) is 0 Å². The van der Waals surface area contributed by atoms with Crippen LogP contribution in [-0.2, 0) is 14.6 Å². The van der Waals surface area contributed by atoms with Crippen molar-refractivity contribution in [3.63, 3.8) is 0 Å². The quantitative estimate of drug-likeness (QED) is 0.547. The Morgan fingerprint density at radius 3 is 2.32 bits per heavy atom. The second-order valence-electron chi connectivity index (χ2n) is 6.26. The number of carbonyl (C=O) groups is 2. The third-order valence-corrected chi connectivity index (χ3v) is 6.65. The van der Waals surface area contributed by atoms with Gasteiger partial charge in [0.15, 0.2) is 9.84 Å². The lowest BCUT2D eigenvalue weighted by atomic mass is 10.2. The van der Waals surface area contributed by atoms with Crippen molar-refractivity contribution in [2.75, 3.05) is 12.4 Å². The van der Waals surface area contributed by atoms with Gasteiger partial charge in [0.25, 0.3) is 11.1 Å². The van der Waals surface area contributed by atoms with Gasteiger partial charge in [-0.2, -0.15) is 0 Å². The van der Waals surface area contributed by atoms with Crippen molar-refractivity contribution in [3.05, 3.63) is 64.6 Å². The maximum absolute atomic E-state index is 12.3. The first-order chi connectivity index (χ1) is 13.3. The highest BCUT2D eigenvalue weighted by Crippen LogP contribution is 2.26. The van der Waals surface area contributed by atoms with Crippen LogP contribution in [-0.4, -0.2) is 31.9 Å². The fourth-order valence-electron chi connectivity index (χ4n) is 2.54. The van der Waals surface area contributed by atoms with Gasteiger partial charge in [0.1, 0.15) is 5.75 Å². The zero-order valence-electron chi connectivity index (χ0n) is 15.2. The van der Waals surface area contributed by atoms with Gasteiger partial charge in [-0.05, 0) is 61.0 Å². The lowest BCUT2D eigenvalue weighted by Crippen LogP contribution is -2.17. The Morgan fingerprint density at radius 2 is 1.71 bits per heavy atom. The third kappa shape index (κ3) is 5.24. The smallest absolute Gasteiger partial charge is 0.290 e. The maximum Gasteiger partial charge on any atom is 0.290 e. The molecule has 0 bridgehead atoms. The van der Waals surface area contributed by atoms with E-state index in [0.29, 0.717) is 22.0 Å². The Balaban J connectivity index is 1.50. The molecule has 1 aliphatic heterocycles. The molecule has 146 valence electrons. The molecule has 1 heterocycles. The van der Waals surface area contributed by atoms with Crippen molar-refractivity contribution in [3.8, 4) is 5.75 Å². The zero-order valence-corrected chi connectivity index (χ0v) is 16.8. The molecule has 0 spiro atoms. The highest BCUT2D eigenvalue weighted by atomic mass is 32.2. The third-order valence-electron chi connectivity index (χ3n) is 4.03. The van der Waals surface area contributed by atoms with Gasteiger partial charge in [-0.3, -0.25) is 14.9 Å². The number of nitrogens with one attached hydrogen (secondary N) is 1. The number of sulfone groups is 1. The summed E-state index contributed by atoms with van der Waals surface area (Å²) in [4.78, 5) is 23.4. The van der Waals surface area contributed by atoms with Crippen LogP contribution in [0.5, 0.6) is 5.75 Å². The number of aryl methyl sites for hydroxylation is 1. The topological polar surface area (TPSA) is 89.5 Å². The first-order valence-corrected chi connectivity index (χ1v) is 11.1. The number of carbonyl (C=O) groups excluding carboxylic acids is 2. The lowest BCUT2D eigenvalue weighted by Gasteiger charge is -2.08. The van der Waals surface area contributed by atoms with Crippen LogP contribution in [0.4, 0.5) is 4.79 Å². The zero-order chi connectivity index (χ0) is 20.1. The number of hydrogen-bond donors (Lipinski definition) is 1. The second kappa shape index (κ2) is 8.62. The molecule has 28 heavy (non-hydrogen) atoms. The van der Waals surface area contributed by atoms with E-state index in [1.165, 1.54) is 0 Å². The molecule has 0 saturated carbocycles. The molecule has 6 nitrogen and oxygen atoms in total. The maximum atomic E-state index is 12.3. The number of imide groups is 1. The molecule has 3 rings (SSSR count). The van der Waals surface area contributed by atoms with E-state index < -0.39 is 15.7 Å². The summed E-state index contributed by atoms with van der Waals surface area (Å²) < 4.78 is 30.2. The van der Waals surface area contributed by atoms with Crippen molar-refractivity contribution < 1.29 is 22.7 Å². The molecule has 2 aromatic rings. The highest BCUT2D eigenvalue weighted by molar-refractivity contribution is 8.18. The van der Waals surface area contributed by atoms with Crippen LogP contribution in [0.25, 0.3) is 6.08 Å². The van der Waals surface area contributed by atoms with Crippen molar-refractivity contribution in [2.24, 2.45) is 0 Å². The number of ether oxygens (including phenoxy) is 1. The van der Waals surface area contributed by atoms with Gasteiger partial charge in [-0.15, -0.1) is 0 Å². The van der Waals surface area contributed by atoms with Crippen LogP contribution in [0, 0.1) is 6.92 Å². The monoisotopic (exact) mass is 417 g/mol. The molecule has 1 saturated heterocycles. The molecule has 0 unspecified atom stereocenters. The van der Waals surface area contributed by atoms with E-state index in [-0.39, 0.29) is 17.6 Å². The Hall–Kier alpha value is -2.58. The van der Waals surface area contributed by atoms with Crippen molar-refractivity contribution in [2.45, 2.75) is 18.2 Å². The average molecular weight is 418 g/mol. The predicted molar refractivity (Wildman–Crippen MR) is 109 cm³/mol. The largest absolute Gasteiger partial charge is 0.494 e. The molecule has 1 fully saturated rings. The standard InChI is InChI=1S/C20H19NO5S2/c1-14-3-9-17(10-4-14)28(24,25)12-2-11-26-16-7-5-15(6-8-16)13-18-19(22)21-20(23)27-18/h3-10,13H,2,11-12H2,1H3,(H,21,22,23). The summed E-state index contributed by atoms with van der Waals surface area (Å²) in [5.74, 6) is 0.222. The van der Waals surface area contributed by atoms with Crippen LogP contribution in [0.15, 0.2) is 58.3 Å². The number of rotatable bonds is 7. The van der Waals surface area contributed by atoms with Crippen LogP contribution < -0.4 is 10.1 Å². The van der Waals surface area contributed by atoms with Gasteiger partial charge >= 0.3 is 0 Å². The molecule has 2 aromatic carbocycles. The summed E-state index contributed by atoms with van der Waals surface area (Å²) in [6.45, 7) is 2.19. The molecule has 8 heteroatoms. The van der Waals surface area contributed by atoms with Crippen molar-refractivity contribution in [1.82, 2.24) is 5.32 Å². The van der Waals surface area contributed by atoms with E-state index in [9.17, 15) is 18.0 Å². The number of benzene rings is 2. The Morgan fingerprint density at radius 1 is 1.04 bits per heavy atom. The van der Waals surface area contributed by atoms with Crippen LogP contribution >= 0.6 is 11.8 Å². The molecule has 1 aliphatic rings. The van der Waals surface area contributed by atoms with Gasteiger partial charge in [-0.25, -0.2) is 8.42 Å². The molecule has 1 N–H and O–H groups in total. The average Bonchev–Trinajstić information content (AvgIpc) is 2.97. The van der Waals surface area contributed by atoms with Gasteiger partial charge in [0.2, 0.25) is 0 Å². The van der Waals surface area contributed by atoms with Crippen LogP contribution in [0.3, 0.4) is 0 Å². The normalized spacial score (nSPS) is 15.7. The Bertz CT molecular complexity index is 1010. The fraction of sp³-hybridized carbons (Fsp3) is 0.200. The fourth-order valence-corrected chi connectivity index (χ4v) is 4.50. The molecular formula is C20H19NO5S2. The highest BCUT2D eigenvalue weighted by Gasteiger charge is 2.24. The summed E-state index contributed by atoms with van der Waals surface area (Å²) in [7, 11) is -3.32. The van der Waals surface area contributed by atoms with Crippen LogP contribution in [0.1, 0.15) is 17.5 Å². The van der Waals surface area contributed by atoms with Gasteiger partial charge in [-0.1, -0.05) is 29.8 Å². The van der Waals surface area contributed by atoms with Crippen molar-refractivity contribution in [1.29, 1.82) is 0 Å². The van der Waals surface area contributed by atoms with E-state index in [1.54, 1.807) is 54.6 Å². The predicted octanol–water partition coefficient (Wildman–Crippen LogP) is 3.56. The SMILES string of the molecule is Cc1ccc(S(=O)(=O)CCCOc2ccc(C=C3SC(=O)NC3=O)cc2)cc1. The number of thioether (sulfide) groups is 1. The molecule has 0 atom stereocenters. The van der Waals surface area contributed by atoms with Crippen molar-refractivity contribution >= 4 is 38.8 Å². The minimum absolute atomic E-state index is 0.0145. The summed E-state index contributed by atoms with van der Waals surface area (Å²) in [5, 5.41) is 1.82. The first kappa shape index (κ1) is 20.2. The summed E-state index contributed by atoms with van der Waals surface area (Å²) in [6.07, 6.45) is 2.00. The number of hydrogen-bond acceptors (Lipinski definition) is 6. The molecule has 0 aliphatic carbocycles. The van der Waals surface area contributed by atoms with E-state index in [0.717, 1.165) is 22.9 Å². The Labute approximate surface area is 167 Å². The minimum atomic E-state index is -3.32. The minimum Gasteiger partial charge on any atom is -0.494 e. The molecule has 0 radical (unpaired) electrons. The van der Waals surface area contributed by atoms with E-state index in [4.69, 9.17) is 4.74 Å². The number of amides is 2. The van der Waals surface area contributed by atoms with Gasteiger partial charge < -0.3 is 4.74 Å². The summed E-state index contributed by atoms with van der Waals surface area (Å²) in [5.41, 5.74) is 1.78.